The molecular formula is C15H22O8. The summed E-state index contributed by atoms with van der Waals surface area (Å²) in [6, 6.07) is 0. The molecule has 0 amide bonds. The molecule has 0 saturated heterocycles. The zero-order chi connectivity index (χ0) is 18.2. The van der Waals surface area contributed by atoms with Gasteiger partial charge in [-0.15, -0.1) is 0 Å². The normalized spacial score (nSPS) is 14.5. The third kappa shape index (κ3) is 6.94. The Balaban J connectivity index is 5.58. The van der Waals surface area contributed by atoms with Crippen molar-refractivity contribution in [2.45, 2.75) is 39.0 Å². The van der Waals surface area contributed by atoms with E-state index in [9.17, 15) is 29.4 Å². The predicted octanol–water partition coefficient (Wildman–Crippen LogP) is 1.70. The summed E-state index contributed by atoms with van der Waals surface area (Å²) in [5, 5.41) is 36.2. The largest absolute Gasteiger partial charge is 0.481 e. The third-order valence-corrected chi connectivity index (χ3v) is 3.67. The van der Waals surface area contributed by atoms with Gasteiger partial charge in [-0.25, -0.2) is 0 Å². The number of unbranched alkanes of at least 4 members (excludes halogenated alkanes) is 1. The molecule has 0 rings (SSSR count). The van der Waals surface area contributed by atoms with Gasteiger partial charge in [-0.2, -0.15) is 0 Å². The van der Waals surface area contributed by atoms with E-state index in [1.54, 1.807) is 0 Å². The van der Waals surface area contributed by atoms with Gasteiger partial charge in [0.25, 0.3) is 0 Å². The maximum atomic E-state index is 11.4. The summed E-state index contributed by atoms with van der Waals surface area (Å²) in [5.74, 6) is -9.17. The van der Waals surface area contributed by atoms with Crippen molar-refractivity contribution >= 4 is 23.9 Å². The molecule has 0 spiro atoms. The van der Waals surface area contributed by atoms with Crippen molar-refractivity contribution in [1.29, 1.82) is 0 Å². The molecule has 8 heteroatoms. The monoisotopic (exact) mass is 330 g/mol. The molecule has 4 N–H and O–H groups in total. The average molecular weight is 330 g/mol. The number of hydrogen-bond acceptors (Lipinski definition) is 4. The maximum absolute atomic E-state index is 11.4. The summed E-state index contributed by atoms with van der Waals surface area (Å²) >= 11 is 0. The second-order valence-corrected chi connectivity index (χ2v) is 5.35. The lowest BCUT2D eigenvalue weighted by atomic mass is 9.75. The highest BCUT2D eigenvalue weighted by Crippen LogP contribution is 2.34. The second kappa shape index (κ2) is 9.60. The van der Waals surface area contributed by atoms with Gasteiger partial charge >= 0.3 is 23.9 Å². The van der Waals surface area contributed by atoms with E-state index in [0.29, 0.717) is 12.8 Å². The number of aliphatic carboxylic acids is 4. The molecule has 0 aliphatic heterocycles. The van der Waals surface area contributed by atoms with E-state index in [1.807, 2.05) is 6.92 Å². The summed E-state index contributed by atoms with van der Waals surface area (Å²) in [4.78, 5) is 44.4. The summed E-state index contributed by atoms with van der Waals surface area (Å²) in [6.45, 7) is 5.44. The Labute approximate surface area is 133 Å². The first-order valence-corrected chi connectivity index (χ1v) is 7.19. The standard InChI is InChI=1S/C15H22O8/c1-3-4-5-9(11(15(22)23)7-13(18)19)8(2)10(14(20)21)6-12(16)17/h9-11H,2-7H2,1H3,(H,16,17)(H,18,19)(H,20,21)(H,22,23). The van der Waals surface area contributed by atoms with Crippen LogP contribution in [0, 0.1) is 17.8 Å². The molecule has 0 heterocycles. The van der Waals surface area contributed by atoms with Crippen LogP contribution in [0.4, 0.5) is 0 Å². The highest BCUT2D eigenvalue weighted by Gasteiger charge is 2.37. The molecule has 0 aromatic rings. The number of hydrogen-bond donors (Lipinski definition) is 4. The number of rotatable bonds is 12. The van der Waals surface area contributed by atoms with Crippen LogP contribution in [0.1, 0.15) is 39.0 Å². The van der Waals surface area contributed by atoms with Gasteiger partial charge in [0.1, 0.15) is 0 Å². The summed E-state index contributed by atoms with van der Waals surface area (Å²) in [6.07, 6.45) is 0.0771. The van der Waals surface area contributed by atoms with Gasteiger partial charge in [-0.05, 0) is 12.3 Å². The molecule has 0 aliphatic carbocycles. The fourth-order valence-electron chi connectivity index (χ4n) is 2.47. The summed E-state index contributed by atoms with van der Waals surface area (Å²) in [5.41, 5.74) is -0.0537. The first kappa shape index (κ1) is 20.6. The van der Waals surface area contributed by atoms with Gasteiger partial charge in [0.2, 0.25) is 0 Å². The molecule has 8 nitrogen and oxygen atoms in total. The average Bonchev–Trinajstić information content (AvgIpc) is 2.42. The molecule has 0 radical (unpaired) electrons. The molecule has 0 aromatic heterocycles. The fraction of sp³-hybridized carbons (Fsp3) is 0.600. The zero-order valence-corrected chi connectivity index (χ0v) is 12.9. The molecule has 3 unspecified atom stereocenters. The van der Waals surface area contributed by atoms with E-state index in [1.165, 1.54) is 0 Å². The van der Waals surface area contributed by atoms with Crippen molar-refractivity contribution in [3.8, 4) is 0 Å². The van der Waals surface area contributed by atoms with Crippen LogP contribution >= 0.6 is 0 Å². The van der Waals surface area contributed by atoms with Crippen LogP contribution in [0.2, 0.25) is 0 Å². The first-order chi connectivity index (χ1) is 10.6. The highest BCUT2D eigenvalue weighted by molar-refractivity contribution is 5.82. The Kier molecular flexibility index (Phi) is 8.61. The first-order valence-electron chi connectivity index (χ1n) is 7.19. The Morgan fingerprint density at radius 1 is 0.870 bits per heavy atom. The molecule has 130 valence electrons. The van der Waals surface area contributed by atoms with Gasteiger partial charge < -0.3 is 20.4 Å². The Morgan fingerprint density at radius 3 is 1.74 bits per heavy atom. The van der Waals surface area contributed by atoms with Crippen LogP contribution in [0.15, 0.2) is 12.2 Å². The molecule has 0 fully saturated rings. The minimum atomic E-state index is -1.45. The van der Waals surface area contributed by atoms with Gasteiger partial charge in [0, 0.05) is 0 Å². The van der Waals surface area contributed by atoms with Gasteiger partial charge in [0.15, 0.2) is 0 Å². The summed E-state index contributed by atoms with van der Waals surface area (Å²) in [7, 11) is 0. The maximum Gasteiger partial charge on any atom is 0.311 e. The van der Waals surface area contributed by atoms with Gasteiger partial charge in [0.05, 0.1) is 24.7 Å². The molecular weight excluding hydrogens is 308 g/mol. The number of carboxylic acids is 4. The van der Waals surface area contributed by atoms with E-state index in [-0.39, 0.29) is 12.0 Å². The van der Waals surface area contributed by atoms with Crippen LogP contribution < -0.4 is 0 Å². The van der Waals surface area contributed by atoms with E-state index < -0.39 is 54.5 Å². The van der Waals surface area contributed by atoms with Crippen molar-refractivity contribution in [2.24, 2.45) is 17.8 Å². The molecule has 0 bridgehead atoms. The Bertz CT molecular complexity index is 482. The molecule has 0 aliphatic rings. The smallest absolute Gasteiger partial charge is 0.311 e. The minimum absolute atomic E-state index is 0.0537. The van der Waals surface area contributed by atoms with Crippen LogP contribution in [0.5, 0.6) is 0 Å². The van der Waals surface area contributed by atoms with Crippen molar-refractivity contribution in [2.75, 3.05) is 0 Å². The van der Waals surface area contributed by atoms with Crippen LogP contribution in [-0.2, 0) is 19.2 Å². The van der Waals surface area contributed by atoms with E-state index in [2.05, 4.69) is 6.58 Å². The summed E-state index contributed by atoms with van der Waals surface area (Å²) < 4.78 is 0. The van der Waals surface area contributed by atoms with Crippen LogP contribution in [0.25, 0.3) is 0 Å². The van der Waals surface area contributed by atoms with Crippen LogP contribution in [-0.4, -0.2) is 44.3 Å². The van der Waals surface area contributed by atoms with Crippen molar-refractivity contribution < 1.29 is 39.6 Å². The van der Waals surface area contributed by atoms with Crippen LogP contribution in [0.3, 0.4) is 0 Å². The second-order valence-electron chi connectivity index (χ2n) is 5.35. The molecule has 23 heavy (non-hydrogen) atoms. The minimum Gasteiger partial charge on any atom is -0.481 e. The van der Waals surface area contributed by atoms with E-state index in [4.69, 9.17) is 10.2 Å². The van der Waals surface area contributed by atoms with Crippen molar-refractivity contribution in [3.05, 3.63) is 12.2 Å². The Morgan fingerprint density at radius 2 is 1.39 bits per heavy atom. The lowest BCUT2D eigenvalue weighted by Crippen LogP contribution is -2.32. The SMILES string of the molecule is C=C(C(CC(=O)O)C(=O)O)C(CCCC)C(CC(=O)O)C(=O)O. The fourth-order valence-corrected chi connectivity index (χ4v) is 2.47. The number of carboxylic acid groups (broad SMARTS) is 4. The third-order valence-electron chi connectivity index (χ3n) is 3.67. The predicted molar refractivity (Wildman–Crippen MR) is 78.9 cm³/mol. The zero-order valence-electron chi connectivity index (χ0n) is 12.9. The van der Waals surface area contributed by atoms with E-state index in [0.717, 1.165) is 0 Å². The lowest BCUT2D eigenvalue weighted by Gasteiger charge is -2.28. The quantitative estimate of drug-likeness (QED) is 0.395. The van der Waals surface area contributed by atoms with Gasteiger partial charge in [-0.3, -0.25) is 19.2 Å². The Hall–Kier alpha value is -2.38. The van der Waals surface area contributed by atoms with Crippen molar-refractivity contribution in [3.63, 3.8) is 0 Å². The number of carbonyl (C=O) groups is 4. The highest BCUT2D eigenvalue weighted by atomic mass is 16.4. The van der Waals surface area contributed by atoms with E-state index >= 15 is 0 Å². The van der Waals surface area contributed by atoms with Crippen molar-refractivity contribution in [1.82, 2.24) is 0 Å². The van der Waals surface area contributed by atoms with Gasteiger partial charge in [-0.1, -0.05) is 31.9 Å². The molecule has 3 atom stereocenters. The topological polar surface area (TPSA) is 149 Å². The lowest BCUT2D eigenvalue weighted by molar-refractivity contribution is -0.151. The molecule has 0 aromatic carbocycles. The molecule has 0 saturated carbocycles.